The monoisotopic (exact) mass is 370 g/mol. The van der Waals surface area contributed by atoms with Crippen molar-refractivity contribution in [2.24, 2.45) is 0 Å². The zero-order chi connectivity index (χ0) is 19.0. The molecule has 2 aromatic heterocycles. The summed E-state index contributed by atoms with van der Waals surface area (Å²) >= 11 is 0. The lowest BCUT2D eigenvalue weighted by molar-refractivity contribution is -0.120. The third kappa shape index (κ3) is 3.54. The Morgan fingerprint density at radius 3 is 2.85 bits per heavy atom. The molecule has 2 aromatic rings. The first-order valence-electron chi connectivity index (χ1n) is 9.59. The predicted octanol–water partition coefficient (Wildman–Crippen LogP) is 1.31. The van der Waals surface area contributed by atoms with Crippen molar-refractivity contribution in [2.45, 2.75) is 32.9 Å². The molecular weight excluding hydrogens is 344 g/mol. The van der Waals surface area contributed by atoms with Crippen LogP contribution in [0.1, 0.15) is 25.8 Å². The molecule has 1 atom stereocenters. The first-order chi connectivity index (χ1) is 13.0. The van der Waals surface area contributed by atoms with Crippen LogP contribution in [0.25, 0.3) is 5.52 Å². The summed E-state index contributed by atoms with van der Waals surface area (Å²) in [6, 6.07) is 4.37. The van der Waals surface area contributed by atoms with Crippen LogP contribution in [0.4, 0.5) is 10.5 Å². The highest BCUT2D eigenvalue weighted by Crippen LogP contribution is 2.25. The summed E-state index contributed by atoms with van der Waals surface area (Å²) in [5.41, 5.74) is 2.83. The van der Waals surface area contributed by atoms with Crippen LogP contribution in [0.5, 0.6) is 0 Å². The second-order valence-electron chi connectivity index (χ2n) is 7.36. The largest absolute Gasteiger partial charge is 0.328 e. The van der Waals surface area contributed by atoms with Gasteiger partial charge < -0.3 is 0 Å². The number of pyridine rings is 1. The molecule has 4 rings (SSSR count). The topological polar surface area (TPSA) is 73.2 Å². The fourth-order valence-corrected chi connectivity index (χ4v) is 4.05. The maximum atomic E-state index is 12.2. The SMILES string of the molecule is CCN1CCN(Cc2ccn3ncc(N4CCC(=O)NC4=O)c3c2)C[C@@H]1C. The Bertz CT molecular complexity index is 863. The van der Waals surface area contributed by atoms with Gasteiger partial charge >= 0.3 is 6.03 Å². The minimum absolute atomic E-state index is 0.228. The molecule has 0 saturated carbocycles. The van der Waals surface area contributed by atoms with Crippen molar-refractivity contribution < 1.29 is 9.59 Å². The highest BCUT2D eigenvalue weighted by molar-refractivity contribution is 6.07. The van der Waals surface area contributed by atoms with E-state index in [0.29, 0.717) is 19.0 Å². The van der Waals surface area contributed by atoms with E-state index in [4.69, 9.17) is 0 Å². The van der Waals surface area contributed by atoms with Gasteiger partial charge in [0.2, 0.25) is 5.91 Å². The Morgan fingerprint density at radius 2 is 2.11 bits per heavy atom. The molecule has 2 fully saturated rings. The van der Waals surface area contributed by atoms with Crippen molar-refractivity contribution in [1.82, 2.24) is 24.7 Å². The second-order valence-corrected chi connectivity index (χ2v) is 7.36. The first-order valence-corrected chi connectivity index (χ1v) is 9.59. The molecule has 0 unspecified atom stereocenters. The molecule has 144 valence electrons. The van der Waals surface area contributed by atoms with Gasteiger partial charge in [-0.15, -0.1) is 0 Å². The Morgan fingerprint density at radius 1 is 1.26 bits per heavy atom. The number of urea groups is 1. The molecule has 8 nitrogen and oxygen atoms in total. The lowest BCUT2D eigenvalue weighted by Gasteiger charge is -2.39. The van der Waals surface area contributed by atoms with E-state index in [-0.39, 0.29) is 11.9 Å². The normalized spacial score (nSPS) is 22.4. The molecule has 0 radical (unpaired) electrons. The number of anilines is 1. The number of piperazine rings is 1. The number of imide groups is 1. The number of nitrogens with one attached hydrogen (secondary N) is 1. The van der Waals surface area contributed by atoms with Crippen molar-refractivity contribution in [2.75, 3.05) is 37.6 Å². The summed E-state index contributed by atoms with van der Waals surface area (Å²) in [7, 11) is 0. The number of carbonyl (C=O) groups is 2. The van der Waals surface area contributed by atoms with Crippen LogP contribution in [-0.2, 0) is 11.3 Å². The van der Waals surface area contributed by atoms with Crippen molar-refractivity contribution in [3.8, 4) is 0 Å². The Balaban J connectivity index is 1.54. The molecule has 0 aliphatic carbocycles. The smallest absolute Gasteiger partial charge is 0.298 e. The molecule has 1 N–H and O–H groups in total. The number of fused-ring (bicyclic) bond motifs is 1. The molecule has 2 aliphatic rings. The molecule has 4 heterocycles. The van der Waals surface area contributed by atoms with Crippen LogP contribution in [0.2, 0.25) is 0 Å². The summed E-state index contributed by atoms with van der Waals surface area (Å²) in [5.74, 6) is -0.228. The van der Waals surface area contributed by atoms with Crippen molar-refractivity contribution in [3.05, 3.63) is 30.1 Å². The molecule has 27 heavy (non-hydrogen) atoms. The maximum Gasteiger partial charge on any atom is 0.328 e. The van der Waals surface area contributed by atoms with Gasteiger partial charge in [-0.3, -0.25) is 24.8 Å². The van der Waals surface area contributed by atoms with E-state index in [1.165, 1.54) is 5.56 Å². The number of amides is 3. The highest BCUT2D eigenvalue weighted by Gasteiger charge is 2.27. The van der Waals surface area contributed by atoms with Gasteiger partial charge in [-0.1, -0.05) is 6.92 Å². The van der Waals surface area contributed by atoms with Crippen molar-refractivity contribution >= 4 is 23.1 Å². The lowest BCUT2D eigenvalue weighted by atomic mass is 10.1. The number of hydrogen-bond acceptors (Lipinski definition) is 5. The summed E-state index contributed by atoms with van der Waals surface area (Å²) in [6.07, 6.45) is 3.94. The van der Waals surface area contributed by atoms with Gasteiger partial charge in [0, 0.05) is 51.4 Å². The highest BCUT2D eigenvalue weighted by atomic mass is 16.2. The Kier molecular flexibility index (Phi) is 4.84. The maximum absolute atomic E-state index is 12.2. The van der Waals surface area contributed by atoms with E-state index in [9.17, 15) is 9.59 Å². The standard InChI is InChI=1S/C19H26N6O2/c1-3-23-9-8-22(12-14(23)2)13-15-4-7-25-16(10-15)17(11-20-25)24-6-5-18(26)21-19(24)27/h4,7,10-11,14H,3,5-6,8-9,12-13H2,1-2H3,(H,21,26,27)/t14-/m0/s1. The van der Waals surface area contributed by atoms with E-state index >= 15 is 0 Å². The number of aromatic nitrogens is 2. The van der Waals surface area contributed by atoms with Gasteiger partial charge in [-0.05, 0) is 31.2 Å². The molecule has 0 spiro atoms. The van der Waals surface area contributed by atoms with Crippen molar-refractivity contribution in [1.29, 1.82) is 0 Å². The summed E-state index contributed by atoms with van der Waals surface area (Å²) in [4.78, 5) is 30.2. The summed E-state index contributed by atoms with van der Waals surface area (Å²) in [6.45, 7) is 10.1. The van der Waals surface area contributed by atoms with Gasteiger partial charge in [-0.2, -0.15) is 5.10 Å². The fraction of sp³-hybridized carbons (Fsp3) is 0.526. The number of rotatable bonds is 4. The Hall–Kier alpha value is -2.45. The number of hydrogen-bond donors (Lipinski definition) is 1. The third-order valence-electron chi connectivity index (χ3n) is 5.57. The average Bonchev–Trinajstić information content (AvgIpc) is 3.05. The summed E-state index contributed by atoms with van der Waals surface area (Å²) < 4.78 is 1.78. The van der Waals surface area contributed by atoms with Crippen molar-refractivity contribution in [3.63, 3.8) is 0 Å². The minimum Gasteiger partial charge on any atom is -0.298 e. The quantitative estimate of drug-likeness (QED) is 0.878. The van der Waals surface area contributed by atoms with Gasteiger partial charge in [0.05, 0.1) is 17.4 Å². The molecule has 3 amide bonds. The Labute approximate surface area is 158 Å². The van der Waals surface area contributed by atoms with Crippen LogP contribution >= 0.6 is 0 Å². The summed E-state index contributed by atoms with van der Waals surface area (Å²) in [5, 5.41) is 6.73. The number of nitrogens with zero attached hydrogens (tertiary/aromatic N) is 5. The van der Waals surface area contributed by atoms with E-state index in [2.05, 4.69) is 46.2 Å². The molecular formula is C19H26N6O2. The van der Waals surface area contributed by atoms with Crippen LogP contribution < -0.4 is 10.2 Å². The van der Waals surface area contributed by atoms with E-state index < -0.39 is 0 Å². The van der Waals surface area contributed by atoms with E-state index in [1.807, 2.05) is 6.20 Å². The molecule has 0 aromatic carbocycles. The van der Waals surface area contributed by atoms with Crippen LogP contribution in [0.3, 0.4) is 0 Å². The molecule has 2 aliphatic heterocycles. The van der Waals surface area contributed by atoms with Gasteiger partial charge in [0.15, 0.2) is 0 Å². The first kappa shape index (κ1) is 17.9. The van der Waals surface area contributed by atoms with E-state index in [0.717, 1.165) is 43.9 Å². The van der Waals surface area contributed by atoms with Crippen LogP contribution in [0, 0.1) is 0 Å². The zero-order valence-corrected chi connectivity index (χ0v) is 15.9. The van der Waals surface area contributed by atoms with Crippen LogP contribution in [-0.4, -0.2) is 70.1 Å². The molecule has 2 saturated heterocycles. The van der Waals surface area contributed by atoms with Gasteiger partial charge in [-0.25, -0.2) is 9.31 Å². The minimum atomic E-state index is -0.379. The molecule has 0 bridgehead atoms. The van der Waals surface area contributed by atoms with Gasteiger partial charge in [0.1, 0.15) is 0 Å². The second kappa shape index (κ2) is 7.28. The van der Waals surface area contributed by atoms with E-state index in [1.54, 1.807) is 15.6 Å². The number of likely N-dealkylation sites (N-methyl/N-ethyl adjacent to an activating group) is 1. The van der Waals surface area contributed by atoms with Gasteiger partial charge in [0.25, 0.3) is 0 Å². The fourth-order valence-electron chi connectivity index (χ4n) is 4.05. The third-order valence-corrected chi connectivity index (χ3v) is 5.57. The average molecular weight is 370 g/mol. The predicted molar refractivity (Wildman–Crippen MR) is 103 cm³/mol. The molecule has 8 heteroatoms. The zero-order valence-electron chi connectivity index (χ0n) is 15.9. The lowest BCUT2D eigenvalue weighted by Crippen LogP contribution is -2.51. The van der Waals surface area contributed by atoms with Crippen LogP contribution in [0.15, 0.2) is 24.5 Å². The number of carbonyl (C=O) groups excluding carboxylic acids is 2.